The molecule has 0 aromatic heterocycles. The normalized spacial score (nSPS) is 19.9. The summed E-state index contributed by atoms with van der Waals surface area (Å²) in [5, 5.41) is 3.26. The smallest absolute Gasteiger partial charge is 0.242 e. The van der Waals surface area contributed by atoms with Crippen LogP contribution in [0.3, 0.4) is 0 Å². The van der Waals surface area contributed by atoms with Gasteiger partial charge in [0.15, 0.2) is 0 Å². The second-order valence-corrected chi connectivity index (χ2v) is 5.74. The number of nitrogens with one attached hydrogen (secondary N) is 1. The van der Waals surface area contributed by atoms with Crippen molar-refractivity contribution < 1.29 is 4.79 Å². The lowest BCUT2D eigenvalue weighted by Crippen LogP contribution is -2.59. The van der Waals surface area contributed by atoms with Gasteiger partial charge in [-0.05, 0) is 33.7 Å². The fourth-order valence-corrected chi connectivity index (χ4v) is 2.54. The SMILES string of the molecule is CCNC(C)(C)C(=O)N1CCN(C(C)CC)CC1. The van der Waals surface area contributed by atoms with Gasteiger partial charge in [-0.15, -0.1) is 0 Å². The lowest BCUT2D eigenvalue weighted by atomic mass is 10.0. The summed E-state index contributed by atoms with van der Waals surface area (Å²) in [7, 11) is 0. The zero-order chi connectivity index (χ0) is 13.8. The maximum Gasteiger partial charge on any atom is 0.242 e. The highest BCUT2D eigenvalue weighted by Crippen LogP contribution is 2.13. The molecule has 0 aromatic rings. The molecule has 1 N–H and O–H groups in total. The summed E-state index contributed by atoms with van der Waals surface area (Å²) in [5.41, 5.74) is -0.437. The van der Waals surface area contributed by atoms with Crippen molar-refractivity contribution in [2.24, 2.45) is 0 Å². The molecule has 1 rings (SSSR count). The van der Waals surface area contributed by atoms with Crippen LogP contribution in [-0.2, 0) is 4.79 Å². The highest BCUT2D eigenvalue weighted by atomic mass is 16.2. The van der Waals surface area contributed by atoms with E-state index in [4.69, 9.17) is 0 Å². The van der Waals surface area contributed by atoms with Crippen LogP contribution in [0.15, 0.2) is 0 Å². The number of hydrogen-bond acceptors (Lipinski definition) is 3. The van der Waals surface area contributed by atoms with Gasteiger partial charge in [0.2, 0.25) is 5.91 Å². The van der Waals surface area contributed by atoms with Gasteiger partial charge in [-0.25, -0.2) is 0 Å². The number of carbonyl (C=O) groups is 1. The van der Waals surface area contributed by atoms with Crippen molar-refractivity contribution in [1.82, 2.24) is 15.1 Å². The molecule has 1 amide bonds. The molecule has 0 radical (unpaired) electrons. The van der Waals surface area contributed by atoms with E-state index in [1.54, 1.807) is 0 Å². The highest BCUT2D eigenvalue weighted by Gasteiger charge is 2.33. The van der Waals surface area contributed by atoms with E-state index in [2.05, 4.69) is 24.1 Å². The van der Waals surface area contributed by atoms with Crippen LogP contribution in [0.2, 0.25) is 0 Å². The molecule has 1 aliphatic rings. The van der Waals surface area contributed by atoms with E-state index in [0.29, 0.717) is 6.04 Å². The first-order valence-corrected chi connectivity index (χ1v) is 7.20. The second kappa shape index (κ2) is 6.53. The molecule has 1 saturated heterocycles. The van der Waals surface area contributed by atoms with Crippen LogP contribution >= 0.6 is 0 Å². The number of nitrogens with zero attached hydrogens (tertiary/aromatic N) is 2. The molecule has 1 unspecified atom stereocenters. The average molecular weight is 255 g/mol. The van der Waals surface area contributed by atoms with Gasteiger partial charge >= 0.3 is 0 Å². The van der Waals surface area contributed by atoms with E-state index in [1.807, 2.05) is 25.7 Å². The summed E-state index contributed by atoms with van der Waals surface area (Å²) in [6.45, 7) is 15.0. The number of rotatable bonds is 5. The molecule has 1 fully saturated rings. The number of piperazine rings is 1. The first-order valence-electron chi connectivity index (χ1n) is 7.20. The summed E-state index contributed by atoms with van der Waals surface area (Å²) < 4.78 is 0. The Morgan fingerprint density at radius 2 is 1.78 bits per heavy atom. The predicted molar refractivity (Wildman–Crippen MR) is 75.7 cm³/mol. The monoisotopic (exact) mass is 255 g/mol. The molecule has 0 aliphatic carbocycles. The van der Waals surface area contributed by atoms with Gasteiger partial charge in [0.1, 0.15) is 0 Å². The Labute approximate surface area is 112 Å². The lowest BCUT2D eigenvalue weighted by molar-refractivity contribution is -0.139. The molecular weight excluding hydrogens is 226 g/mol. The zero-order valence-electron chi connectivity index (χ0n) is 12.6. The molecule has 4 heteroatoms. The molecular formula is C14H29N3O. The maximum atomic E-state index is 12.4. The van der Waals surface area contributed by atoms with Gasteiger partial charge in [0.25, 0.3) is 0 Å². The number of hydrogen-bond donors (Lipinski definition) is 1. The molecule has 4 nitrogen and oxygen atoms in total. The third kappa shape index (κ3) is 3.69. The van der Waals surface area contributed by atoms with Crippen molar-refractivity contribution in [3.05, 3.63) is 0 Å². The van der Waals surface area contributed by atoms with Gasteiger partial charge in [-0.1, -0.05) is 13.8 Å². The van der Waals surface area contributed by atoms with E-state index >= 15 is 0 Å². The van der Waals surface area contributed by atoms with Crippen molar-refractivity contribution in [2.75, 3.05) is 32.7 Å². The van der Waals surface area contributed by atoms with Crippen molar-refractivity contribution >= 4 is 5.91 Å². The predicted octanol–water partition coefficient (Wildman–Crippen LogP) is 1.32. The minimum Gasteiger partial charge on any atom is -0.339 e. The molecule has 1 aliphatic heterocycles. The molecule has 18 heavy (non-hydrogen) atoms. The van der Waals surface area contributed by atoms with E-state index in [1.165, 1.54) is 6.42 Å². The topological polar surface area (TPSA) is 35.6 Å². The Morgan fingerprint density at radius 1 is 1.22 bits per heavy atom. The molecule has 106 valence electrons. The molecule has 0 bridgehead atoms. The van der Waals surface area contributed by atoms with Crippen LogP contribution in [0.25, 0.3) is 0 Å². The van der Waals surface area contributed by atoms with Gasteiger partial charge in [0, 0.05) is 32.2 Å². The van der Waals surface area contributed by atoms with E-state index in [0.717, 1.165) is 32.7 Å². The van der Waals surface area contributed by atoms with Gasteiger partial charge in [0.05, 0.1) is 5.54 Å². The first kappa shape index (κ1) is 15.4. The Morgan fingerprint density at radius 3 is 2.22 bits per heavy atom. The van der Waals surface area contributed by atoms with Crippen molar-refractivity contribution in [2.45, 2.75) is 52.6 Å². The molecule has 0 aromatic carbocycles. The lowest BCUT2D eigenvalue weighted by Gasteiger charge is -2.40. The molecule has 0 saturated carbocycles. The van der Waals surface area contributed by atoms with Crippen LogP contribution in [0, 0.1) is 0 Å². The van der Waals surface area contributed by atoms with Crippen LogP contribution in [0.1, 0.15) is 41.0 Å². The van der Waals surface area contributed by atoms with Crippen LogP contribution in [-0.4, -0.2) is 60.0 Å². The number of likely N-dealkylation sites (N-methyl/N-ethyl adjacent to an activating group) is 1. The van der Waals surface area contributed by atoms with Crippen LogP contribution in [0.4, 0.5) is 0 Å². The van der Waals surface area contributed by atoms with Gasteiger partial charge in [-0.3, -0.25) is 9.69 Å². The standard InChI is InChI=1S/C14H29N3O/c1-6-12(3)16-8-10-17(11-9-16)13(18)14(4,5)15-7-2/h12,15H,6-11H2,1-5H3. The summed E-state index contributed by atoms with van der Waals surface area (Å²) in [6.07, 6.45) is 1.18. The van der Waals surface area contributed by atoms with Crippen molar-refractivity contribution in [3.63, 3.8) is 0 Å². The first-order chi connectivity index (χ1) is 8.42. The Bertz CT molecular complexity index is 270. The fraction of sp³-hybridized carbons (Fsp3) is 0.929. The van der Waals surface area contributed by atoms with E-state index in [9.17, 15) is 4.79 Å². The fourth-order valence-electron chi connectivity index (χ4n) is 2.54. The van der Waals surface area contributed by atoms with Gasteiger partial charge < -0.3 is 10.2 Å². The second-order valence-electron chi connectivity index (χ2n) is 5.74. The Balaban J connectivity index is 2.50. The highest BCUT2D eigenvalue weighted by molar-refractivity contribution is 5.85. The minimum atomic E-state index is -0.437. The largest absolute Gasteiger partial charge is 0.339 e. The van der Waals surface area contributed by atoms with Crippen LogP contribution in [0.5, 0.6) is 0 Å². The third-order valence-corrected chi connectivity index (χ3v) is 3.97. The Kier molecular flexibility index (Phi) is 5.60. The third-order valence-electron chi connectivity index (χ3n) is 3.97. The van der Waals surface area contributed by atoms with E-state index in [-0.39, 0.29) is 5.91 Å². The summed E-state index contributed by atoms with van der Waals surface area (Å²) in [6, 6.07) is 0.629. The maximum absolute atomic E-state index is 12.4. The quantitative estimate of drug-likeness (QED) is 0.805. The van der Waals surface area contributed by atoms with Gasteiger partial charge in [-0.2, -0.15) is 0 Å². The number of amides is 1. The number of carbonyl (C=O) groups excluding carboxylic acids is 1. The van der Waals surface area contributed by atoms with Crippen LogP contribution < -0.4 is 5.32 Å². The Hall–Kier alpha value is -0.610. The van der Waals surface area contributed by atoms with Crippen molar-refractivity contribution in [3.8, 4) is 0 Å². The summed E-state index contributed by atoms with van der Waals surface area (Å²) in [4.78, 5) is 16.9. The molecule has 1 atom stereocenters. The van der Waals surface area contributed by atoms with Crippen molar-refractivity contribution in [1.29, 1.82) is 0 Å². The average Bonchev–Trinajstić information content (AvgIpc) is 2.37. The minimum absolute atomic E-state index is 0.230. The molecule has 1 heterocycles. The summed E-state index contributed by atoms with van der Waals surface area (Å²) >= 11 is 0. The zero-order valence-corrected chi connectivity index (χ0v) is 12.6. The van der Waals surface area contributed by atoms with E-state index < -0.39 is 5.54 Å². The molecule has 0 spiro atoms. The summed E-state index contributed by atoms with van der Waals surface area (Å²) in [5.74, 6) is 0.230.